The van der Waals surface area contributed by atoms with Crippen LogP contribution in [0.5, 0.6) is 0 Å². The van der Waals surface area contributed by atoms with Crippen LogP contribution in [0, 0.1) is 0 Å². The van der Waals surface area contributed by atoms with Crippen LogP contribution in [-0.2, 0) is 14.6 Å². The van der Waals surface area contributed by atoms with E-state index in [2.05, 4.69) is 26.2 Å². The first-order valence-corrected chi connectivity index (χ1v) is 10.6. The molecule has 0 atom stereocenters. The number of methoxy groups -OCH3 is 1. The van der Waals surface area contributed by atoms with E-state index in [-0.39, 0.29) is 21.7 Å². The zero-order valence-electron chi connectivity index (χ0n) is 14.3. The van der Waals surface area contributed by atoms with Crippen molar-refractivity contribution in [3.05, 3.63) is 58.0 Å². The first-order chi connectivity index (χ1) is 12.9. The summed E-state index contributed by atoms with van der Waals surface area (Å²) in [4.78, 5) is 4.35. The number of hydrogen-bond acceptors (Lipinski definition) is 6. The summed E-state index contributed by atoms with van der Waals surface area (Å²) < 4.78 is 37.7. The summed E-state index contributed by atoms with van der Waals surface area (Å²) in [5.74, 6) is 0.168. The molecule has 0 saturated carbocycles. The van der Waals surface area contributed by atoms with E-state index in [1.54, 1.807) is 43.5 Å². The number of benzene rings is 2. The van der Waals surface area contributed by atoms with Crippen molar-refractivity contribution in [1.82, 2.24) is 4.98 Å². The Hall–Kier alpha value is -1.87. The molecule has 0 saturated heterocycles. The van der Waals surface area contributed by atoms with Gasteiger partial charge in [-0.2, -0.15) is 4.98 Å². The number of anilines is 1. The maximum absolute atomic E-state index is 13.1. The van der Waals surface area contributed by atoms with Crippen LogP contribution in [0.15, 0.2) is 67.3 Å². The molecule has 0 radical (unpaired) electrons. The summed E-state index contributed by atoms with van der Waals surface area (Å²) in [7, 11) is -2.34. The van der Waals surface area contributed by atoms with E-state index in [1.165, 1.54) is 12.1 Å². The fraction of sp³-hybridized carbons (Fsp3) is 0.167. The minimum Gasteiger partial charge on any atom is -0.419 e. The number of hydrogen-bond donors (Lipinski definition) is 1. The molecule has 0 aliphatic heterocycles. The van der Waals surface area contributed by atoms with Crippen molar-refractivity contribution in [3.63, 3.8) is 0 Å². The van der Waals surface area contributed by atoms with E-state index < -0.39 is 9.84 Å². The molecular formula is C18H16BrClN2O4S. The maximum atomic E-state index is 13.1. The number of oxazole rings is 1. The third kappa shape index (κ3) is 4.35. The van der Waals surface area contributed by atoms with Gasteiger partial charge >= 0.3 is 0 Å². The Bertz CT molecular complexity index is 1040. The van der Waals surface area contributed by atoms with Gasteiger partial charge in [-0.05, 0) is 36.4 Å². The molecule has 0 amide bonds. The molecule has 0 aliphatic rings. The van der Waals surface area contributed by atoms with Gasteiger partial charge < -0.3 is 14.5 Å². The van der Waals surface area contributed by atoms with E-state index >= 15 is 0 Å². The molecule has 2 aromatic carbocycles. The summed E-state index contributed by atoms with van der Waals surface area (Å²) in [6.45, 7) is 0.733. The lowest BCUT2D eigenvalue weighted by Gasteiger charge is -2.05. The topological polar surface area (TPSA) is 81.4 Å². The lowest BCUT2D eigenvalue weighted by atomic mass is 10.2. The molecule has 0 unspecified atom stereocenters. The second kappa shape index (κ2) is 8.43. The summed E-state index contributed by atoms with van der Waals surface area (Å²) in [5.41, 5.74) is 0.506. The van der Waals surface area contributed by atoms with Gasteiger partial charge in [0.05, 0.1) is 22.1 Å². The number of nitrogens with one attached hydrogen (secondary N) is 1. The molecule has 0 aliphatic carbocycles. The number of halogens is 2. The van der Waals surface area contributed by atoms with Crippen molar-refractivity contribution in [2.45, 2.75) is 9.92 Å². The average Bonchev–Trinajstić information content (AvgIpc) is 3.07. The van der Waals surface area contributed by atoms with Crippen LogP contribution in [0.3, 0.4) is 0 Å². The summed E-state index contributed by atoms with van der Waals surface area (Å²) in [6, 6.07) is 13.2. The van der Waals surface area contributed by atoms with Gasteiger partial charge in [0.25, 0.3) is 0 Å². The van der Waals surface area contributed by atoms with E-state index in [0.29, 0.717) is 23.7 Å². The first kappa shape index (κ1) is 19.9. The first-order valence-electron chi connectivity index (χ1n) is 7.92. The molecule has 9 heteroatoms. The maximum Gasteiger partial charge on any atom is 0.233 e. The minimum atomic E-state index is -3.90. The Morgan fingerprint density at radius 1 is 1.19 bits per heavy atom. The largest absolute Gasteiger partial charge is 0.419 e. The van der Waals surface area contributed by atoms with Crippen molar-refractivity contribution in [2.24, 2.45) is 0 Å². The van der Waals surface area contributed by atoms with Gasteiger partial charge in [-0.1, -0.05) is 39.7 Å². The zero-order valence-corrected chi connectivity index (χ0v) is 17.4. The van der Waals surface area contributed by atoms with E-state index in [0.717, 1.165) is 4.47 Å². The molecule has 0 spiro atoms. The molecule has 142 valence electrons. The van der Waals surface area contributed by atoms with Crippen LogP contribution in [0.2, 0.25) is 5.02 Å². The zero-order chi connectivity index (χ0) is 19.4. The van der Waals surface area contributed by atoms with Crippen LogP contribution < -0.4 is 5.32 Å². The number of rotatable bonds is 7. The van der Waals surface area contributed by atoms with Crippen LogP contribution in [0.4, 0.5) is 5.88 Å². The Labute approximate surface area is 170 Å². The molecule has 0 fully saturated rings. The molecule has 3 rings (SSSR count). The van der Waals surface area contributed by atoms with Crippen molar-refractivity contribution in [3.8, 4) is 11.5 Å². The van der Waals surface area contributed by atoms with Crippen molar-refractivity contribution in [1.29, 1.82) is 0 Å². The van der Waals surface area contributed by atoms with Gasteiger partial charge in [0, 0.05) is 18.1 Å². The lowest BCUT2D eigenvalue weighted by Crippen LogP contribution is -2.11. The van der Waals surface area contributed by atoms with Crippen LogP contribution in [-0.4, -0.2) is 33.7 Å². The highest BCUT2D eigenvalue weighted by Gasteiger charge is 2.29. The number of sulfone groups is 1. The molecule has 6 nitrogen and oxygen atoms in total. The highest BCUT2D eigenvalue weighted by atomic mass is 79.9. The van der Waals surface area contributed by atoms with Crippen molar-refractivity contribution >= 4 is 43.3 Å². The summed E-state index contributed by atoms with van der Waals surface area (Å²) in [6.07, 6.45) is 0. The number of ether oxygens (including phenoxy) is 1. The third-order valence-corrected chi connectivity index (χ3v) is 6.21. The molecular weight excluding hydrogens is 456 g/mol. The predicted molar refractivity (Wildman–Crippen MR) is 107 cm³/mol. The quantitative estimate of drug-likeness (QED) is 0.505. The second-order valence-electron chi connectivity index (χ2n) is 5.51. The normalized spacial score (nSPS) is 11.5. The summed E-state index contributed by atoms with van der Waals surface area (Å²) >= 11 is 9.50. The predicted octanol–water partition coefficient (Wildman–Crippen LogP) is 4.65. The van der Waals surface area contributed by atoms with Gasteiger partial charge in [-0.3, -0.25) is 0 Å². The third-order valence-electron chi connectivity index (χ3n) is 3.67. The van der Waals surface area contributed by atoms with Gasteiger partial charge in [0.15, 0.2) is 0 Å². The molecule has 0 bridgehead atoms. The smallest absolute Gasteiger partial charge is 0.233 e. The monoisotopic (exact) mass is 470 g/mol. The fourth-order valence-electron chi connectivity index (χ4n) is 2.34. The Morgan fingerprint density at radius 3 is 2.56 bits per heavy atom. The SMILES string of the molecule is COCCNc1oc(-c2ccccc2Cl)nc1S(=O)(=O)c1ccc(Br)cc1. The lowest BCUT2D eigenvalue weighted by molar-refractivity contribution is 0.210. The molecule has 27 heavy (non-hydrogen) atoms. The van der Waals surface area contributed by atoms with Gasteiger partial charge in [-0.15, -0.1) is 0 Å². The van der Waals surface area contributed by atoms with Gasteiger partial charge in [0.2, 0.25) is 26.6 Å². The van der Waals surface area contributed by atoms with Crippen LogP contribution >= 0.6 is 27.5 Å². The molecule has 1 aromatic heterocycles. The standard InChI is InChI=1S/C18H16BrClN2O4S/c1-25-11-10-21-17-18(27(23,24)13-8-6-12(19)7-9-13)22-16(26-17)14-4-2-3-5-15(14)20/h2-9,21H,10-11H2,1H3. The van der Waals surface area contributed by atoms with Crippen molar-refractivity contribution in [2.75, 3.05) is 25.6 Å². The number of aromatic nitrogens is 1. The number of nitrogens with zero attached hydrogens (tertiary/aromatic N) is 1. The Morgan fingerprint density at radius 2 is 1.89 bits per heavy atom. The van der Waals surface area contributed by atoms with E-state index in [9.17, 15) is 8.42 Å². The van der Waals surface area contributed by atoms with Crippen LogP contribution in [0.1, 0.15) is 0 Å². The van der Waals surface area contributed by atoms with Gasteiger partial charge in [0.1, 0.15) is 0 Å². The summed E-state index contributed by atoms with van der Waals surface area (Å²) in [5, 5.41) is 3.14. The van der Waals surface area contributed by atoms with Crippen LogP contribution in [0.25, 0.3) is 11.5 Å². The minimum absolute atomic E-state index is 0.0462. The molecule has 3 aromatic rings. The fourth-order valence-corrected chi connectivity index (χ4v) is 4.10. The Balaban J connectivity index is 2.09. The molecule has 1 heterocycles. The van der Waals surface area contributed by atoms with E-state index in [4.69, 9.17) is 20.8 Å². The van der Waals surface area contributed by atoms with E-state index in [1.807, 2.05) is 0 Å². The van der Waals surface area contributed by atoms with Gasteiger partial charge in [-0.25, -0.2) is 8.42 Å². The van der Waals surface area contributed by atoms with Crippen molar-refractivity contribution < 1.29 is 17.6 Å². The Kier molecular flexibility index (Phi) is 6.21. The highest BCUT2D eigenvalue weighted by Crippen LogP contribution is 2.35. The molecule has 1 N–H and O–H groups in total. The highest BCUT2D eigenvalue weighted by molar-refractivity contribution is 9.10. The average molecular weight is 472 g/mol. The second-order valence-corrected chi connectivity index (χ2v) is 8.70.